The Kier molecular flexibility index (Phi) is 6.62. The second-order valence-electron chi connectivity index (χ2n) is 4.40. The Balaban J connectivity index is 2.29. The summed E-state index contributed by atoms with van der Waals surface area (Å²) in [7, 11) is 3.96. The highest BCUT2D eigenvalue weighted by Crippen LogP contribution is 2.17. The minimum Gasteiger partial charge on any atom is -0.398 e. The van der Waals surface area contributed by atoms with Gasteiger partial charge < -0.3 is 20.7 Å². The fourth-order valence-corrected chi connectivity index (χ4v) is 1.58. The first kappa shape index (κ1) is 15.8. The topological polar surface area (TPSA) is 67.6 Å². The van der Waals surface area contributed by atoms with Crippen LogP contribution in [-0.4, -0.2) is 51.2 Å². The van der Waals surface area contributed by atoms with E-state index in [4.69, 9.17) is 22.1 Å². The minimum absolute atomic E-state index is 0.240. The summed E-state index contributed by atoms with van der Waals surface area (Å²) in [5.41, 5.74) is 6.52. The lowest BCUT2D eigenvalue weighted by molar-refractivity contribution is 0.0901. The summed E-state index contributed by atoms with van der Waals surface area (Å²) in [6.45, 7) is 2.41. The second kappa shape index (κ2) is 7.99. The summed E-state index contributed by atoms with van der Waals surface area (Å²) in [5, 5.41) is 3.23. The molecule has 19 heavy (non-hydrogen) atoms. The van der Waals surface area contributed by atoms with Crippen molar-refractivity contribution in [2.45, 2.75) is 0 Å². The first-order valence-corrected chi connectivity index (χ1v) is 6.44. The van der Waals surface area contributed by atoms with Crippen molar-refractivity contribution in [3.8, 4) is 0 Å². The SMILES string of the molecule is CN(C)CCOCCNC(=O)c1cc(Cl)ccc1N. The van der Waals surface area contributed by atoms with E-state index in [2.05, 4.69) is 5.32 Å². The molecule has 1 aromatic rings. The lowest BCUT2D eigenvalue weighted by Crippen LogP contribution is -2.29. The summed E-state index contributed by atoms with van der Waals surface area (Å²) in [6.07, 6.45) is 0. The number of nitrogens with zero attached hydrogens (tertiary/aromatic N) is 1. The van der Waals surface area contributed by atoms with Gasteiger partial charge in [-0.05, 0) is 32.3 Å². The van der Waals surface area contributed by atoms with E-state index in [-0.39, 0.29) is 5.91 Å². The quantitative estimate of drug-likeness (QED) is 0.584. The molecule has 0 fully saturated rings. The maximum atomic E-state index is 11.8. The molecule has 0 saturated heterocycles. The molecule has 0 aliphatic carbocycles. The zero-order valence-electron chi connectivity index (χ0n) is 11.3. The number of likely N-dealkylation sites (N-methyl/N-ethyl adjacent to an activating group) is 1. The van der Waals surface area contributed by atoms with Crippen LogP contribution in [0.1, 0.15) is 10.4 Å². The molecule has 0 aromatic heterocycles. The van der Waals surface area contributed by atoms with E-state index in [1.165, 1.54) is 0 Å². The number of ether oxygens (including phenoxy) is 1. The third-order valence-corrected chi connectivity index (χ3v) is 2.71. The van der Waals surface area contributed by atoms with E-state index in [0.29, 0.717) is 36.0 Å². The van der Waals surface area contributed by atoms with Gasteiger partial charge in [-0.3, -0.25) is 4.79 Å². The van der Waals surface area contributed by atoms with E-state index >= 15 is 0 Å². The van der Waals surface area contributed by atoms with Crippen molar-refractivity contribution in [2.75, 3.05) is 46.1 Å². The summed E-state index contributed by atoms with van der Waals surface area (Å²) in [5.74, 6) is -0.240. The van der Waals surface area contributed by atoms with Gasteiger partial charge in [0.1, 0.15) is 0 Å². The summed E-state index contributed by atoms with van der Waals surface area (Å²) >= 11 is 5.83. The fraction of sp³-hybridized carbons (Fsp3) is 0.462. The lowest BCUT2D eigenvalue weighted by Gasteiger charge is -2.11. The van der Waals surface area contributed by atoms with E-state index in [0.717, 1.165) is 6.54 Å². The predicted molar refractivity (Wildman–Crippen MR) is 77.6 cm³/mol. The molecule has 0 heterocycles. The molecule has 0 unspecified atom stereocenters. The van der Waals surface area contributed by atoms with E-state index in [1.54, 1.807) is 18.2 Å². The largest absolute Gasteiger partial charge is 0.398 e. The molecular formula is C13H20ClN3O2. The molecule has 6 heteroatoms. The zero-order chi connectivity index (χ0) is 14.3. The second-order valence-corrected chi connectivity index (χ2v) is 4.84. The monoisotopic (exact) mass is 285 g/mol. The Morgan fingerprint density at radius 1 is 1.42 bits per heavy atom. The van der Waals surface area contributed by atoms with Gasteiger partial charge in [-0.25, -0.2) is 0 Å². The molecule has 0 aliphatic rings. The van der Waals surface area contributed by atoms with Crippen LogP contribution < -0.4 is 11.1 Å². The van der Waals surface area contributed by atoms with Crippen molar-refractivity contribution in [2.24, 2.45) is 0 Å². The van der Waals surface area contributed by atoms with Gasteiger partial charge in [-0.1, -0.05) is 11.6 Å². The Bertz CT molecular complexity index is 424. The van der Waals surface area contributed by atoms with E-state index < -0.39 is 0 Å². The highest BCUT2D eigenvalue weighted by molar-refractivity contribution is 6.31. The molecule has 0 aliphatic heterocycles. The van der Waals surface area contributed by atoms with Crippen LogP contribution in [0.25, 0.3) is 0 Å². The Labute approximate surface area is 118 Å². The van der Waals surface area contributed by atoms with Crippen LogP contribution >= 0.6 is 11.6 Å². The van der Waals surface area contributed by atoms with Crippen LogP contribution in [0.2, 0.25) is 5.02 Å². The molecular weight excluding hydrogens is 266 g/mol. The Hall–Kier alpha value is -1.30. The average Bonchev–Trinajstić information content (AvgIpc) is 2.36. The first-order chi connectivity index (χ1) is 9.00. The summed E-state index contributed by atoms with van der Waals surface area (Å²) in [6, 6.07) is 4.82. The van der Waals surface area contributed by atoms with Crippen molar-refractivity contribution < 1.29 is 9.53 Å². The lowest BCUT2D eigenvalue weighted by atomic mass is 10.1. The highest BCUT2D eigenvalue weighted by Gasteiger charge is 2.09. The molecule has 3 N–H and O–H groups in total. The van der Waals surface area contributed by atoms with Crippen LogP contribution in [0.15, 0.2) is 18.2 Å². The van der Waals surface area contributed by atoms with Crippen LogP contribution in [0.5, 0.6) is 0 Å². The number of hydrogen-bond donors (Lipinski definition) is 2. The van der Waals surface area contributed by atoms with Gasteiger partial charge in [0, 0.05) is 23.8 Å². The first-order valence-electron chi connectivity index (χ1n) is 6.06. The number of benzene rings is 1. The third kappa shape index (κ3) is 5.92. The van der Waals surface area contributed by atoms with Crippen molar-refractivity contribution in [3.63, 3.8) is 0 Å². The predicted octanol–water partition coefficient (Wildman–Crippen LogP) is 1.23. The van der Waals surface area contributed by atoms with Crippen LogP contribution in [0.4, 0.5) is 5.69 Å². The van der Waals surface area contributed by atoms with Gasteiger partial charge in [0.2, 0.25) is 0 Å². The van der Waals surface area contributed by atoms with E-state index in [9.17, 15) is 4.79 Å². The minimum atomic E-state index is -0.240. The van der Waals surface area contributed by atoms with Crippen molar-refractivity contribution in [3.05, 3.63) is 28.8 Å². The number of nitrogens with two attached hydrogens (primary N) is 1. The van der Waals surface area contributed by atoms with Gasteiger partial charge in [0.15, 0.2) is 0 Å². The number of nitrogens with one attached hydrogen (secondary N) is 1. The number of rotatable bonds is 7. The van der Waals surface area contributed by atoms with Gasteiger partial charge >= 0.3 is 0 Å². The maximum absolute atomic E-state index is 11.8. The number of anilines is 1. The van der Waals surface area contributed by atoms with Crippen LogP contribution in [0, 0.1) is 0 Å². The highest BCUT2D eigenvalue weighted by atomic mass is 35.5. The standard InChI is InChI=1S/C13H20ClN3O2/c1-17(2)6-8-19-7-5-16-13(18)11-9-10(14)3-4-12(11)15/h3-4,9H,5-8,15H2,1-2H3,(H,16,18). The maximum Gasteiger partial charge on any atom is 0.253 e. The Morgan fingerprint density at radius 3 is 2.84 bits per heavy atom. The third-order valence-electron chi connectivity index (χ3n) is 2.47. The summed E-state index contributed by atoms with van der Waals surface area (Å²) < 4.78 is 5.37. The van der Waals surface area contributed by atoms with Gasteiger partial charge in [0.05, 0.1) is 18.8 Å². The molecule has 1 amide bonds. The van der Waals surface area contributed by atoms with Gasteiger partial charge in [-0.15, -0.1) is 0 Å². The number of halogens is 1. The molecule has 1 rings (SSSR count). The molecule has 0 atom stereocenters. The fourth-order valence-electron chi connectivity index (χ4n) is 1.41. The van der Waals surface area contributed by atoms with Crippen molar-refractivity contribution in [1.82, 2.24) is 10.2 Å². The molecule has 0 spiro atoms. The summed E-state index contributed by atoms with van der Waals surface area (Å²) in [4.78, 5) is 13.9. The van der Waals surface area contributed by atoms with Gasteiger partial charge in [0.25, 0.3) is 5.91 Å². The molecule has 106 valence electrons. The molecule has 0 saturated carbocycles. The average molecular weight is 286 g/mol. The zero-order valence-corrected chi connectivity index (χ0v) is 12.0. The molecule has 1 aromatic carbocycles. The molecule has 0 bridgehead atoms. The molecule has 5 nitrogen and oxygen atoms in total. The van der Waals surface area contributed by atoms with Crippen LogP contribution in [-0.2, 0) is 4.74 Å². The number of carbonyl (C=O) groups excluding carboxylic acids is 1. The van der Waals surface area contributed by atoms with Crippen molar-refractivity contribution in [1.29, 1.82) is 0 Å². The molecule has 0 radical (unpaired) electrons. The smallest absolute Gasteiger partial charge is 0.253 e. The number of nitrogen functional groups attached to an aromatic ring is 1. The van der Waals surface area contributed by atoms with Gasteiger partial charge in [-0.2, -0.15) is 0 Å². The number of amides is 1. The van der Waals surface area contributed by atoms with E-state index in [1.807, 2.05) is 19.0 Å². The van der Waals surface area contributed by atoms with Crippen molar-refractivity contribution >= 4 is 23.2 Å². The number of carbonyl (C=O) groups is 1. The normalized spacial score (nSPS) is 10.7. The number of hydrogen-bond acceptors (Lipinski definition) is 4. The Morgan fingerprint density at radius 2 is 2.16 bits per heavy atom. The van der Waals surface area contributed by atoms with Crippen LogP contribution in [0.3, 0.4) is 0 Å².